The zero-order valence-corrected chi connectivity index (χ0v) is 17.6. The van der Waals surface area contributed by atoms with Gasteiger partial charge in [0.2, 0.25) is 0 Å². The van der Waals surface area contributed by atoms with Gasteiger partial charge in [-0.2, -0.15) is 0 Å². The number of halogens is 1. The molecule has 9 heteroatoms. The van der Waals surface area contributed by atoms with E-state index in [9.17, 15) is 21.9 Å². The first kappa shape index (κ1) is 20.9. The summed E-state index contributed by atoms with van der Waals surface area (Å²) in [6, 6.07) is 12.8. The second kappa shape index (κ2) is 7.87. The van der Waals surface area contributed by atoms with Gasteiger partial charge >= 0.3 is 0 Å². The first-order valence-electron chi connectivity index (χ1n) is 8.56. The van der Waals surface area contributed by atoms with Crippen LogP contribution in [0.25, 0.3) is 10.9 Å². The van der Waals surface area contributed by atoms with Gasteiger partial charge in [0.15, 0.2) is 0 Å². The molecule has 0 aliphatic rings. The monoisotopic (exact) mass is 441 g/mol. The lowest BCUT2D eigenvalue weighted by molar-refractivity contribution is 0.275. The van der Waals surface area contributed by atoms with E-state index in [0.29, 0.717) is 34.3 Å². The molecule has 0 saturated carbocycles. The Kier molecular flexibility index (Phi) is 5.86. The van der Waals surface area contributed by atoms with Crippen molar-refractivity contribution in [2.45, 2.75) is 24.3 Å². The third kappa shape index (κ3) is 4.10. The van der Waals surface area contributed by atoms with Crippen LogP contribution >= 0.6 is 11.6 Å². The zero-order valence-electron chi connectivity index (χ0n) is 15.2. The number of aryl methyl sites for hydroxylation is 1. The van der Waals surface area contributed by atoms with Gasteiger partial charge in [0.05, 0.1) is 28.5 Å². The average molecular weight is 442 g/mol. The minimum Gasteiger partial charge on any atom is -0.390 e. The molecule has 1 N–H and O–H groups in total. The Morgan fingerprint density at radius 3 is 2.32 bits per heavy atom. The molecule has 0 saturated heterocycles. The van der Waals surface area contributed by atoms with Crippen LogP contribution in [-0.2, 0) is 32.9 Å². The Morgan fingerprint density at radius 1 is 1.04 bits per heavy atom. The van der Waals surface area contributed by atoms with Gasteiger partial charge in [-0.3, -0.25) is 0 Å². The highest BCUT2D eigenvalue weighted by molar-refractivity contribution is 7.90. The van der Waals surface area contributed by atoms with E-state index in [4.69, 9.17) is 11.6 Å². The van der Waals surface area contributed by atoms with Crippen molar-refractivity contribution in [3.63, 3.8) is 0 Å². The van der Waals surface area contributed by atoms with Crippen molar-refractivity contribution in [1.82, 2.24) is 3.97 Å². The van der Waals surface area contributed by atoms with Crippen molar-refractivity contribution in [2.75, 3.05) is 12.0 Å². The molecule has 3 aromatic rings. The Bertz CT molecular complexity index is 1220. The predicted molar refractivity (Wildman–Crippen MR) is 110 cm³/mol. The molecular weight excluding hydrogens is 422 g/mol. The van der Waals surface area contributed by atoms with Crippen molar-refractivity contribution >= 4 is 42.4 Å². The summed E-state index contributed by atoms with van der Waals surface area (Å²) in [5, 5.41) is 11.0. The number of fused-ring (bicyclic) bond motifs is 1. The second-order valence-electron chi connectivity index (χ2n) is 6.56. The van der Waals surface area contributed by atoms with Gasteiger partial charge in [0, 0.05) is 16.7 Å². The predicted octanol–water partition coefficient (Wildman–Crippen LogP) is 3.00. The number of benzene rings is 2. The summed E-state index contributed by atoms with van der Waals surface area (Å²) in [7, 11) is -7.13. The maximum absolute atomic E-state index is 13.3. The largest absolute Gasteiger partial charge is 0.390 e. The van der Waals surface area contributed by atoms with E-state index < -0.39 is 26.5 Å². The second-order valence-corrected chi connectivity index (χ2v) is 11.0. The lowest BCUT2D eigenvalue weighted by atomic mass is 10.1. The fourth-order valence-corrected chi connectivity index (χ4v) is 5.69. The van der Waals surface area contributed by atoms with Crippen LogP contribution in [0.1, 0.15) is 17.7 Å². The molecule has 28 heavy (non-hydrogen) atoms. The highest BCUT2D eigenvalue weighted by atomic mass is 35.5. The van der Waals surface area contributed by atoms with Crippen LogP contribution in [0, 0.1) is 0 Å². The van der Waals surface area contributed by atoms with Gasteiger partial charge in [0.1, 0.15) is 9.84 Å². The Balaban J connectivity index is 2.23. The quantitative estimate of drug-likeness (QED) is 0.608. The minimum atomic E-state index is -3.98. The number of aliphatic hydroxyl groups is 1. The number of sulfone groups is 1. The number of rotatable bonds is 7. The summed E-state index contributed by atoms with van der Waals surface area (Å²) in [4.78, 5) is 0.0873. The average Bonchev–Trinajstić information content (AvgIpc) is 2.94. The van der Waals surface area contributed by atoms with E-state index in [1.165, 1.54) is 18.2 Å². The number of hydrogen-bond donors (Lipinski definition) is 1. The fraction of sp³-hybridized carbons (Fsp3) is 0.263. The zero-order chi connectivity index (χ0) is 20.5. The summed E-state index contributed by atoms with van der Waals surface area (Å²) < 4.78 is 50.6. The van der Waals surface area contributed by atoms with Gasteiger partial charge in [0.25, 0.3) is 10.0 Å². The van der Waals surface area contributed by atoms with Crippen LogP contribution in [0.2, 0.25) is 5.02 Å². The maximum Gasteiger partial charge on any atom is 0.268 e. The molecule has 6 nitrogen and oxygen atoms in total. The molecule has 1 aromatic heterocycles. The first-order chi connectivity index (χ1) is 13.1. The summed E-state index contributed by atoms with van der Waals surface area (Å²) in [6.45, 7) is -0.507. The lowest BCUT2D eigenvalue weighted by Gasteiger charge is -2.12. The van der Waals surface area contributed by atoms with E-state index in [0.717, 1.165) is 10.2 Å². The van der Waals surface area contributed by atoms with E-state index in [2.05, 4.69) is 0 Å². The van der Waals surface area contributed by atoms with Crippen LogP contribution in [-0.4, -0.2) is 37.9 Å². The third-order valence-corrected chi connectivity index (χ3v) is 7.50. The fourth-order valence-electron chi connectivity index (χ4n) is 3.27. The van der Waals surface area contributed by atoms with E-state index in [1.54, 1.807) is 30.3 Å². The highest BCUT2D eigenvalue weighted by Crippen LogP contribution is 2.33. The molecule has 0 aliphatic heterocycles. The third-order valence-electron chi connectivity index (χ3n) is 4.47. The maximum atomic E-state index is 13.3. The van der Waals surface area contributed by atoms with Crippen molar-refractivity contribution in [3.05, 3.63) is 64.8 Å². The number of aliphatic hydroxyl groups excluding tert-OH is 1. The molecule has 0 bridgehead atoms. The van der Waals surface area contributed by atoms with Gasteiger partial charge in [-0.05, 0) is 42.7 Å². The molecule has 1 heterocycles. The molecule has 0 radical (unpaired) electrons. The molecule has 0 spiro atoms. The Labute approximate surface area is 169 Å². The molecule has 3 rings (SSSR count). The van der Waals surface area contributed by atoms with Crippen molar-refractivity contribution < 1.29 is 21.9 Å². The molecule has 0 aliphatic carbocycles. The van der Waals surface area contributed by atoms with Crippen LogP contribution in [0.15, 0.2) is 53.4 Å². The molecule has 0 fully saturated rings. The van der Waals surface area contributed by atoms with Crippen molar-refractivity contribution in [3.8, 4) is 0 Å². The van der Waals surface area contributed by atoms with Crippen LogP contribution < -0.4 is 0 Å². The molecule has 2 aromatic carbocycles. The van der Waals surface area contributed by atoms with Crippen molar-refractivity contribution in [1.29, 1.82) is 0 Å². The number of nitrogens with zero attached hydrogens (tertiary/aromatic N) is 1. The number of hydrogen-bond acceptors (Lipinski definition) is 5. The molecule has 0 unspecified atom stereocenters. The summed E-state index contributed by atoms with van der Waals surface area (Å²) in [6.07, 6.45) is 1.79. The normalized spacial score (nSPS) is 12.5. The number of aromatic nitrogens is 1. The topological polar surface area (TPSA) is 93.4 Å². The summed E-state index contributed by atoms with van der Waals surface area (Å²) in [5.41, 5.74) is 1.18. The Hall–Kier alpha value is -1.87. The van der Waals surface area contributed by atoms with Crippen LogP contribution in [0.4, 0.5) is 0 Å². The molecule has 150 valence electrons. The van der Waals surface area contributed by atoms with E-state index in [-0.39, 0.29) is 16.3 Å². The van der Waals surface area contributed by atoms with Gasteiger partial charge in [-0.15, -0.1) is 0 Å². The SMILES string of the molecule is CS(=O)(=O)CCCc1c(CO)n(S(=O)(=O)c2ccccc2)c2cc(Cl)ccc12. The van der Waals surface area contributed by atoms with Gasteiger partial charge in [-0.1, -0.05) is 35.9 Å². The van der Waals surface area contributed by atoms with Gasteiger partial charge in [-0.25, -0.2) is 20.8 Å². The molecular formula is C19H20ClNO5S2. The summed E-state index contributed by atoms with van der Waals surface area (Å²) >= 11 is 6.11. The first-order valence-corrected chi connectivity index (χ1v) is 12.4. The minimum absolute atomic E-state index is 0.0242. The van der Waals surface area contributed by atoms with Crippen molar-refractivity contribution in [2.24, 2.45) is 0 Å². The lowest BCUT2D eigenvalue weighted by Crippen LogP contribution is -2.16. The van der Waals surface area contributed by atoms with Gasteiger partial charge < -0.3 is 5.11 Å². The summed E-state index contributed by atoms with van der Waals surface area (Å²) in [5.74, 6) is -0.0242. The standard InChI is InChI=1S/C19H20ClNO5S2/c1-27(23,24)11-5-8-16-17-10-9-14(20)12-18(17)21(19(16)13-22)28(25,26)15-6-3-2-4-7-15/h2-4,6-7,9-10,12,22H,5,8,11,13H2,1H3. The Morgan fingerprint density at radius 2 is 1.71 bits per heavy atom. The highest BCUT2D eigenvalue weighted by Gasteiger charge is 2.26. The van der Waals surface area contributed by atoms with Crippen LogP contribution in [0.5, 0.6) is 0 Å². The molecule has 0 amide bonds. The van der Waals surface area contributed by atoms with Crippen LogP contribution in [0.3, 0.4) is 0 Å². The smallest absolute Gasteiger partial charge is 0.268 e. The van der Waals surface area contributed by atoms with E-state index in [1.807, 2.05) is 0 Å². The van der Waals surface area contributed by atoms with E-state index >= 15 is 0 Å². The molecule has 0 atom stereocenters.